The van der Waals surface area contributed by atoms with Crippen molar-refractivity contribution in [3.05, 3.63) is 0 Å². The van der Waals surface area contributed by atoms with E-state index in [-0.39, 0.29) is 32.3 Å². The van der Waals surface area contributed by atoms with Gasteiger partial charge in [0.05, 0.1) is 13.2 Å². The summed E-state index contributed by atoms with van der Waals surface area (Å²) in [7, 11) is 1.84. The van der Waals surface area contributed by atoms with E-state index in [1.54, 1.807) is 6.92 Å². The van der Waals surface area contributed by atoms with Gasteiger partial charge in [0.15, 0.2) is 12.2 Å². The third-order valence-electron chi connectivity index (χ3n) is 5.09. The van der Waals surface area contributed by atoms with E-state index in [1.807, 2.05) is 25.8 Å². The van der Waals surface area contributed by atoms with E-state index < -0.39 is 48.5 Å². The third kappa shape index (κ3) is 11.6. The molecule has 35 heavy (non-hydrogen) atoms. The highest BCUT2D eigenvalue weighted by atomic mass is 16.7. The zero-order chi connectivity index (χ0) is 26.2. The molecule has 0 aromatic carbocycles. The van der Waals surface area contributed by atoms with Crippen molar-refractivity contribution in [2.24, 2.45) is 0 Å². The van der Waals surface area contributed by atoms with Gasteiger partial charge in [-0.15, -0.1) is 6.42 Å². The maximum absolute atomic E-state index is 12.5. The first kappa shape index (κ1) is 30.4. The SMILES string of the molecule is C#CCN(C)CCCC(=O)O[C@@H]1OC[C@H](OC(=O)CCC)[C@H](OC(=O)CCC)[C@H]1OC(=O)CCC. The second kappa shape index (κ2) is 16.9. The van der Waals surface area contributed by atoms with E-state index in [2.05, 4.69) is 5.92 Å². The van der Waals surface area contributed by atoms with E-state index in [0.717, 1.165) is 0 Å². The number of hydrogen-bond acceptors (Lipinski definition) is 10. The Morgan fingerprint density at radius 2 is 1.34 bits per heavy atom. The normalized spacial score (nSPS) is 21.6. The van der Waals surface area contributed by atoms with Crippen molar-refractivity contribution >= 4 is 23.9 Å². The molecule has 0 radical (unpaired) electrons. The van der Waals surface area contributed by atoms with Crippen LogP contribution in [0.2, 0.25) is 0 Å². The molecule has 198 valence electrons. The minimum absolute atomic E-state index is 0.0829. The number of terminal acetylenes is 1. The molecule has 0 spiro atoms. The number of ether oxygens (including phenoxy) is 5. The first-order valence-corrected chi connectivity index (χ1v) is 12.3. The number of hydrogen-bond donors (Lipinski definition) is 0. The summed E-state index contributed by atoms with van der Waals surface area (Å²) in [6.07, 6.45) is 3.10. The number of esters is 4. The third-order valence-corrected chi connectivity index (χ3v) is 5.09. The van der Waals surface area contributed by atoms with Crippen LogP contribution in [0.4, 0.5) is 0 Å². The molecule has 0 saturated carbocycles. The van der Waals surface area contributed by atoms with Gasteiger partial charge in [-0.25, -0.2) is 0 Å². The Labute approximate surface area is 207 Å². The molecular weight excluding hydrogens is 458 g/mol. The first-order chi connectivity index (χ1) is 16.7. The van der Waals surface area contributed by atoms with Crippen LogP contribution in [-0.4, -0.2) is 80.1 Å². The Morgan fingerprint density at radius 1 is 0.829 bits per heavy atom. The molecule has 1 rings (SSSR count). The highest BCUT2D eigenvalue weighted by Crippen LogP contribution is 2.27. The van der Waals surface area contributed by atoms with Crippen molar-refractivity contribution in [1.82, 2.24) is 4.90 Å². The molecule has 0 N–H and O–H groups in total. The smallest absolute Gasteiger partial charge is 0.308 e. The van der Waals surface area contributed by atoms with Crippen molar-refractivity contribution in [3.8, 4) is 12.3 Å². The Morgan fingerprint density at radius 3 is 1.89 bits per heavy atom. The summed E-state index contributed by atoms with van der Waals surface area (Å²) in [6, 6.07) is 0. The van der Waals surface area contributed by atoms with Gasteiger partial charge in [0.2, 0.25) is 12.4 Å². The molecule has 1 aliphatic heterocycles. The number of rotatable bonds is 15. The lowest BCUT2D eigenvalue weighted by Gasteiger charge is -2.40. The van der Waals surface area contributed by atoms with Gasteiger partial charge in [0.25, 0.3) is 0 Å². The van der Waals surface area contributed by atoms with E-state index in [0.29, 0.717) is 38.8 Å². The van der Waals surface area contributed by atoms with Crippen LogP contribution in [0.25, 0.3) is 0 Å². The molecule has 0 aliphatic carbocycles. The van der Waals surface area contributed by atoms with E-state index in [9.17, 15) is 19.2 Å². The second-order valence-electron chi connectivity index (χ2n) is 8.42. The Kier molecular flexibility index (Phi) is 14.7. The fourth-order valence-electron chi connectivity index (χ4n) is 3.39. The highest BCUT2D eigenvalue weighted by Gasteiger charge is 2.49. The van der Waals surface area contributed by atoms with Crippen LogP contribution in [0.1, 0.15) is 72.1 Å². The molecule has 1 fully saturated rings. The monoisotopic (exact) mass is 497 g/mol. The predicted molar refractivity (Wildman–Crippen MR) is 126 cm³/mol. The van der Waals surface area contributed by atoms with Gasteiger partial charge < -0.3 is 23.7 Å². The minimum Gasteiger partial charge on any atom is -0.456 e. The first-order valence-electron chi connectivity index (χ1n) is 12.3. The van der Waals surface area contributed by atoms with Gasteiger partial charge >= 0.3 is 23.9 Å². The zero-order valence-electron chi connectivity index (χ0n) is 21.3. The number of carbonyl (C=O) groups is 4. The standard InChI is InChI=1S/C25H39NO9/c1-6-11-19(27)32-18-17-31-25(35-22(30)14-10-16-26(5)15-9-4)24(34-21(29)13-8-3)23(18)33-20(28)12-7-2/h4,18,23-25H,6-8,10-17H2,1-3,5H3/t18-,23-,24+,25-/m0/s1. The van der Waals surface area contributed by atoms with Crippen molar-refractivity contribution in [2.45, 2.75) is 96.7 Å². The molecule has 10 heteroatoms. The number of nitrogens with zero attached hydrogens (tertiary/aromatic N) is 1. The van der Waals surface area contributed by atoms with Gasteiger partial charge in [0, 0.05) is 25.7 Å². The van der Waals surface area contributed by atoms with Crippen LogP contribution >= 0.6 is 0 Å². The maximum Gasteiger partial charge on any atom is 0.308 e. The summed E-state index contributed by atoms with van der Waals surface area (Å²) < 4.78 is 27.7. The van der Waals surface area contributed by atoms with Crippen LogP contribution < -0.4 is 0 Å². The molecule has 0 aromatic rings. The summed E-state index contributed by atoms with van der Waals surface area (Å²) in [5.74, 6) is 0.337. The Bertz CT molecular complexity index is 733. The van der Waals surface area contributed by atoms with Crippen LogP contribution in [0.5, 0.6) is 0 Å². The molecular formula is C25H39NO9. The van der Waals surface area contributed by atoms with Crippen LogP contribution in [0.15, 0.2) is 0 Å². The molecule has 4 atom stereocenters. The molecule has 0 aromatic heterocycles. The molecule has 0 unspecified atom stereocenters. The minimum atomic E-state index is -1.31. The molecule has 10 nitrogen and oxygen atoms in total. The summed E-state index contributed by atoms with van der Waals surface area (Å²) in [6.45, 7) is 6.30. The van der Waals surface area contributed by atoms with Crippen LogP contribution in [0, 0.1) is 12.3 Å². The molecule has 1 aliphatic rings. The largest absolute Gasteiger partial charge is 0.456 e. The maximum atomic E-state index is 12.5. The van der Waals surface area contributed by atoms with Gasteiger partial charge in [0.1, 0.15) is 0 Å². The average molecular weight is 498 g/mol. The quantitative estimate of drug-likeness (QED) is 0.190. The summed E-state index contributed by atoms with van der Waals surface area (Å²) in [5.41, 5.74) is 0. The summed E-state index contributed by atoms with van der Waals surface area (Å²) in [4.78, 5) is 51.2. The molecule has 0 bridgehead atoms. The van der Waals surface area contributed by atoms with Crippen molar-refractivity contribution in [3.63, 3.8) is 0 Å². The van der Waals surface area contributed by atoms with Crippen LogP contribution in [0.3, 0.4) is 0 Å². The van der Waals surface area contributed by atoms with Gasteiger partial charge in [-0.3, -0.25) is 24.1 Å². The molecule has 1 heterocycles. The van der Waals surface area contributed by atoms with E-state index >= 15 is 0 Å². The summed E-state index contributed by atoms with van der Waals surface area (Å²) in [5, 5.41) is 0. The molecule has 0 amide bonds. The van der Waals surface area contributed by atoms with Gasteiger partial charge in [-0.05, 0) is 39.3 Å². The zero-order valence-corrected chi connectivity index (χ0v) is 21.3. The second-order valence-corrected chi connectivity index (χ2v) is 8.42. The highest BCUT2D eigenvalue weighted by molar-refractivity contribution is 5.72. The van der Waals surface area contributed by atoms with Crippen molar-refractivity contribution < 1.29 is 42.9 Å². The fraction of sp³-hybridized carbons (Fsp3) is 0.760. The van der Waals surface area contributed by atoms with Gasteiger partial charge in [-0.2, -0.15) is 0 Å². The van der Waals surface area contributed by atoms with Crippen LogP contribution in [-0.2, 0) is 42.9 Å². The fourth-order valence-corrected chi connectivity index (χ4v) is 3.39. The lowest BCUT2D eigenvalue weighted by Crippen LogP contribution is -2.58. The summed E-state index contributed by atoms with van der Waals surface area (Å²) >= 11 is 0. The topological polar surface area (TPSA) is 118 Å². The van der Waals surface area contributed by atoms with Crippen molar-refractivity contribution in [1.29, 1.82) is 0 Å². The van der Waals surface area contributed by atoms with Crippen molar-refractivity contribution in [2.75, 3.05) is 26.7 Å². The lowest BCUT2D eigenvalue weighted by atomic mass is 10.0. The van der Waals surface area contributed by atoms with E-state index in [4.69, 9.17) is 30.1 Å². The predicted octanol–water partition coefficient (Wildman–Crippen LogP) is 2.37. The van der Waals surface area contributed by atoms with Gasteiger partial charge in [-0.1, -0.05) is 26.7 Å². The van der Waals surface area contributed by atoms with E-state index in [1.165, 1.54) is 0 Å². The number of carbonyl (C=O) groups excluding carboxylic acids is 4. The average Bonchev–Trinajstić information content (AvgIpc) is 2.78. The molecule has 1 saturated heterocycles. The Balaban J connectivity index is 3.02. The Hall–Kier alpha value is -2.64. The lowest BCUT2D eigenvalue weighted by molar-refractivity contribution is -0.275.